The van der Waals surface area contributed by atoms with E-state index in [4.69, 9.17) is 5.73 Å². The molecule has 0 fully saturated rings. The van der Waals surface area contributed by atoms with Gasteiger partial charge in [-0.15, -0.1) is 11.8 Å². The van der Waals surface area contributed by atoms with Gasteiger partial charge in [-0.05, 0) is 18.4 Å². The Hall–Kier alpha value is -1.59. The van der Waals surface area contributed by atoms with E-state index in [1.165, 1.54) is 11.0 Å². The molecule has 0 unspecified atom stereocenters. The molecular formula is C12H13N3OS. The standard InChI is InChI=1S/C12H13N3OS/c1-17-10-4-2-8(3-5-10)12-14-9(7-13)6-11(16)15-12/h2-6H,7,13H2,1H3,(H,14,15,16). The summed E-state index contributed by atoms with van der Waals surface area (Å²) >= 11 is 1.67. The van der Waals surface area contributed by atoms with Crippen LogP contribution in [0.2, 0.25) is 0 Å². The van der Waals surface area contributed by atoms with Crippen LogP contribution in [0.25, 0.3) is 11.4 Å². The van der Waals surface area contributed by atoms with Crippen molar-refractivity contribution in [3.8, 4) is 11.4 Å². The van der Waals surface area contributed by atoms with Crippen LogP contribution in [0.1, 0.15) is 5.69 Å². The van der Waals surface area contributed by atoms with Gasteiger partial charge in [0.1, 0.15) is 5.82 Å². The molecule has 0 amide bonds. The summed E-state index contributed by atoms with van der Waals surface area (Å²) in [5, 5.41) is 0. The Labute approximate surface area is 103 Å². The average molecular weight is 247 g/mol. The SMILES string of the molecule is CSc1ccc(-c2nc(CN)cc(=O)[nH]2)cc1. The van der Waals surface area contributed by atoms with Gasteiger partial charge in [0.15, 0.2) is 0 Å². The fourth-order valence-corrected chi connectivity index (χ4v) is 1.91. The van der Waals surface area contributed by atoms with E-state index in [0.29, 0.717) is 11.5 Å². The van der Waals surface area contributed by atoms with Crippen molar-refractivity contribution in [3.63, 3.8) is 0 Å². The molecule has 2 rings (SSSR count). The lowest BCUT2D eigenvalue weighted by atomic mass is 10.2. The van der Waals surface area contributed by atoms with E-state index in [0.717, 1.165) is 5.56 Å². The Morgan fingerprint density at radius 2 is 2.06 bits per heavy atom. The van der Waals surface area contributed by atoms with Crippen LogP contribution >= 0.6 is 11.8 Å². The van der Waals surface area contributed by atoms with E-state index in [1.807, 2.05) is 30.5 Å². The molecule has 0 bridgehead atoms. The molecular weight excluding hydrogens is 234 g/mol. The molecule has 0 spiro atoms. The van der Waals surface area contributed by atoms with E-state index in [2.05, 4.69) is 9.97 Å². The van der Waals surface area contributed by atoms with E-state index in [1.54, 1.807) is 11.8 Å². The van der Waals surface area contributed by atoms with Gasteiger partial charge in [0.2, 0.25) is 0 Å². The maximum Gasteiger partial charge on any atom is 0.251 e. The third kappa shape index (κ3) is 2.75. The highest BCUT2D eigenvalue weighted by atomic mass is 32.2. The fourth-order valence-electron chi connectivity index (χ4n) is 1.50. The smallest absolute Gasteiger partial charge is 0.251 e. The molecule has 0 aliphatic carbocycles. The Bertz CT molecular complexity index is 563. The van der Waals surface area contributed by atoms with Crippen LogP contribution in [-0.4, -0.2) is 16.2 Å². The highest BCUT2D eigenvalue weighted by Gasteiger charge is 2.03. The second-order valence-corrected chi connectivity index (χ2v) is 4.40. The summed E-state index contributed by atoms with van der Waals surface area (Å²) in [6.45, 7) is 0.264. The molecule has 88 valence electrons. The molecule has 3 N–H and O–H groups in total. The van der Waals surface area contributed by atoms with Gasteiger partial charge in [0.25, 0.3) is 5.56 Å². The molecule has 0 atom stereocenters. The van der Waals surface area contributed by atoms with E-state index in [9.17, 15) is 4.79 Å². The maximum absolute atomic E-state index is 11.4. The number of thioether (sulfide) groups is 1. The van der Waals surface area contributed by atoms with Crippen LogP contribution in [0.15, 0.2) is 40.0 Å². The average Bonchev–Trinajstić information content (AvgIpc) is 2.38. The number of rotatable bonds is 3. The first kappa shape index (κ1) is 11.9. The molecule has 1 heterocycles. The monoisotopic (exact) mass is 247 g/mol. The summed E-state index contributed by atoms with van der Waals surface area (Å²) in [7, 11) is 0. The molecule has 4 nitrogen and oxygen atoms in total. The van der Waals surface area contributed by atoms with E-state index in [-0.39, 0.29) is 12.1 Å². The first-order chi connectivity index (χ1) is 8.22. The minimum Gasteiger partial charge on any atom is -0.325 e. The molecule has 2 aromatic rings. The number of nitrogens with one attached hydrogen (secondary N) is 1. The van der Waals surface area contributed by atoms with Crippen LogP contribution in [0.5, 0.6) is 0 Å². The Morgan fingerprint density at radius 3 is 2.65 bits per heavy atom. The highest BCUT2D eigenvalue weighted by Crippen LogP contribution is 2.19. The molecule has 0 saturated carbocycles. The van der Waals surface area contributed by atoms with Crippen molar-refractivity contribution >= 4 is 11.8 Å². The number of hydrogen-bond donors (Lipinski definition) is 2. The summed E-state index contributed by atoms with van der Waals surface area (Å²) in [5.74, 6) is 0.561. The van der Waals surface area contributed by atoms with Gasteiger partial charge in [-0.25, -0.2) is 4.98 Å². The first-order valence-electron chi connectivity index (χ1n) is 5.17. The fraction of sp³-hybridized carbons (Fsp3) is 0.167. The first-order valence-corrected chi connectivity index (χ1v) is 6.40. The van der Waals surface area contributed by atoms with Gasteiger partial charge >= 0.3 is 0 Å². The van der Waals surface area contributed by atoms with Crippen molar-refractivity contribution in [2.75, 3.05) is 6.26 Å². The number of nitrogens with two attached hydrogens (primary N) is 1. The Balaban J connectivity index is 2.44. The second kappa shape index (κ2) is 5.16. The molecule has 0 radical (unpaired) electrons. The Morgan fingerprint density at radius 1 is 1.35 bits per heavy atom. The van der Waals surface area contributed by atoms with Gasteiger partial charge in [0.05, 0.1) is 5.69 Å². The minimum atomic E-state index is -0.176. The molecule has 5 heteroatoms. The van der Waals surface area contributed by atoms with Crippen LogP contribution in [0, 0.1) is 0 Å². The number of aromatic nitrogens is 2. The van der Waals surface area contributed by atoms with Crippen LogP contribution < -0.4 is 11.3 Å². The van der Waals surface area contributed by atoms with Crippen LogP contribution in [0.4, 0.5) is 0 Å². The largest absolute Gasteiger partial charge is 0.325 e. The summed E-state index contributed by atoms with van der Waals surface area (Å²) in [6, 6.07) is 9.28. The third-order valence-corrected chi connectivity index (χ3v) is 3.11. The maximum atomic E-state index is 11.4. The van der Waals surface area contributed by atoms with Crippen molar-refractivity contribution in [3.05, 3.63) is 46.4 Å². The number of H-pyrrole nitrogens is 1. The lowest BCUT2D eigenvalue weighted by Gasteiger charge is -2.03. The van der Waals surface area contributed by atoms with Gasteiger partial charge in [0, 0.05) is 23.1 Å². The summed E-state index contributed by atoms with van der Waals surface area (Å²) < 4.78 is 0. The molecule has 0 aliphatic heterocycles. The summed E-state index contributed by atoms with van der Waals surface area (Å²) in [6.07, 6.45) is 2.02. The third-order valence-electron chi connectivity index (χ3n) is 2.37. The number of aromatic amines is 1. The normalized spacial score (nSPS) is 10.5. The Kier molecular flexibility index (Phi) is 3.61. The van der Waals surface area contributed by atoms with Gasteiger partial charge in [-0.3, -0.25) is 4.79 Å². The van der Waals surface area contributed by atoms with Crippen molar-refractivity contribution in [1.29, 1.82) is 0 Å². The topological polar surface area (TPSA) is 71.8 Å². The summed E-state index contributed by atoms with van der Waals surface area (Å²) in [4.78, 5) is 19.6. The molecule has 0 saturated heterocycles. The lowest BCUT2D eigenvalue weighted by molar-refractivity contribution is 0.956. The van der Waals surface area contributed by atoms with Gasteiger partial charge in [-0.1, -0.05) is 12.1 Å². The second-order valence-electron chi connectivity index (χ2n) is 3.52. The predicted molar refractivity (Wildman–Crippen MR) is 70.0 cm³/mol. The van der Waals surface area contributed by atoms with Gasteiger partial charge < -0.3 is 10.7 Å². The molecule has 1 aromatic carbocycles. The number of nitrogens with zero attached hydrogens (tertiary/aromatic N) is 1. The molecule has 1 aromatic heterocycles. The zero-order chi connectivity index (χ0) is 12.3. The van der Waals surface area contributed by atoms with Crippen LogP contribution in [0.3, 0.4) is 0 Å². The van der Waals surface area contributed by atoms with Crippen molar-refractivity contribution < 1.29 is 0 Å². The number of benzene rings is 1. The highest BCUT2D eigenvalue weighted by molar-refractivity contribution is 7.98. The zero-order valence-electron chi connectivity index (χ0n) is 9.43. The molecule has 0 aliphatic rings. The lowest BCUT2D eigenvalue weighted by Crippen LogP contribution is -2.12. The van der Waals surface area contributed by atoms with Crippen molar-refractivity contribution in [2.45, 2.75) is 11.4 Å². The van der Waals surface area contributed by atoms with Gasteiger partial charge in [-0.2, -0.15) is 0 Å². The van der Waals surface area contributed by atoms with E-state index >= 15 is 0 Å². The predicted octanol–water partition coefficient (Wildman–Crippen LogP) is 1.62. The zero-order valence-corrected chi connectivity index (χ0v) is 10.3. The van der Waals surface area contributed by atoms with Crippen molar-refractivity contribution in [2.24, 2.45) is 5.73 Å². The van der Waals surface area contributed by atoms with E-state index < -0.39 is 0 Å². The summed E-state index contributed by atoms with van der Waals surface area (Å²) in [5.41, 5.74) is 6.80. The molecule has 17 heavy (non-hydrogen) atoms. The van der Waals surface area contributed by atoms with Crippen LogP contribution in [-0.2, 0) is 6.54 Å². The number of hydrogen-bond acceptors (Lipinski definition) is 4. The quantitative estimate of drug-likeness (QED) is 0.808. The van der Waals surface area contributed by atoms with Crippen molar-refractivity contribution in [1.82, 2.24) is 9.97 Å². The minimum absolute atomic E-state index is 0.176.